The van der Waals surface area contributed by atoms with Gasteiger partial charge in [0.05, 0.1) is 0 Å². The van der Waals surface area contributed by atoms with Crippen LogP contribution in [0.4, 0.5) is 0 Å². The van der Waals surface area contributed by atoms with Gasteiger partial charge in [-0.2, -0.15) is 0 Å². The van der Waals surface area contributed by atoms with Crippen molar-refractivity contribution in [3.8, 4) is 0 Å². The molecule has 0 aliphatic rings. The van der Waals surface area contributed by atoms with Crippen molar-refractivity contribution < 1.29 is 29.4 Å². The van der Waals surface area contributed by atoms with E-state index in [4.69, 9.17) is 14.9 Å². The molecule has 0 aliphatic carbocycles. The fourth-order valence-corrected chi connectivity index (χ4v) is 2.30. The maximum atomic E-state index is 11.0. The molecule has 0 saturated carbocycles. The third-order valence-electron chi connectivity index (χ3n) is 2.16. The minimum atomic E-state index is -4.60. The second kappa shape index (κ2) is 5.61. The van der Waals surface area contributed by atoms with Crippen LogP contribution in [-0.4, -0.2) is 31.3 Å². The lowest BCUT2D eigenvalue weighted by atomic mass is 10.1. The lowest BCUT2D eigenvalue weighted by Gasteiger charge is -2.28. The van der Waals surface area contributed by atoms with Crippen LogP contribution < -0.4 is 0 Å². The first-order chi connectivity index (χ1) is 6.73. The maximum absolute atomic E-state index is 11.0. The Labute approximate surface area is 88.1 Å². The molecule has 6 nitrogen and oxygen atoms in total. The minimum absolute atomic E-state index is 0.0309. The van der Waals surface area contributed by atoms with Crippen LogP contribution in [0.2, 0.25) is 0 Å². The molecule has 4 N–H and O–H groups in total. The Balaban J connectivity index is 4.40. The molecule has 0 spiro atoms. The Hall–Kier alpha value is -0.420. The van der Waals surface area contributed by atoms with Crippen LogP contribution in [0.25, 0.3) is 0 Å². The Morgan fingerprint density at radius 1 is 1.33 bits per heavy atom. The molecule has 0 rings (SSSR count). The molecule has 0 aromatic carbocycles. The molecule has 0 heterocycles. The Kier molecular flexibility index (Phi) is 5.45. The van der Waals surface area contributed by atoms with E-state index in [0.29, 0.717) is 6.42 Å². The number of aliphatic hydroxyl groups is 1. The number of hydrogen-bond acceptors (Lipinski definition) is 3. The van der Waals surface area contributed by atoms with E-state index in [0.717, 1.165) is 0 Å². The molecule has 90 valence electrons. The minimum Gasteiger partial charge on any atom is -0.481 e. The predicted octanol–water partition coefficient (Wildman–Crippen LogP) is 0.908. The van der Waals surface area contributed by atoms with Gasteiger partial charge in [0, 0.05) is 6.42 Å². The normalized spacial score (nSPS) is 16.0. The first-order valence-corrected chi connectivity index (χ1v) is 6.34. The quantitative estimate of drug-likeness (QED) is 0.491. The van der Waals surface area contributed by atoms with Crippen LogP contribution in [-0.2, 0) is 9.36 Å². The summed E-state index contributed by atoms with van der Waals surface area (Å²) >= 11 is 0. The average Bonchev–Trinajstić information content (AvgIpc) is 2.01. The van der Waals surface area contributed by atoms with Gasteiger partial charge in [0.15, 0.2) is 5.34 Å². The van der Waals surface area contributed by atoms with Crippen molar-refractivity contribution in [2.75, 3.05) is 0 Å². The highest BCUT2D eigenvalue weighted by atomic mass is 31.2. The van der Waals surface area contributed by atoms with Crippen LogP contribution in [0.15, 0.2) is 0 Å². The van der Waals surface area contributed by atoms with Gasteiger partial charge in [-0.3, -0.25) is 9.36 Å². The zero-order valence-electron chi connectivity index (χ0n) is 8.59. The number of carboxylic acids is 1. The zero-order chi connectivity index (χ0) is 12.1. The van der Waals surface area contributed by atoms with E-state index in [1.807, 2.05) is 0 Å². The molecule has 0 bridgehead atoms. The number of rotatable bonds is 7. The first-order valence-electron chi connectivity index (χ1n) is 4.73. The van der Waals surface area contributed by atoms with Gasteiger partial charge in [-0.15, -0.1) is 0 Å². The summed E-state index contributed by atoms with van der Waals surface area (Å²) < 4.78 is 11.0. The molecule has 1 unspecified atom stereocenters. The molecule has 7 heteroatoms. The Morgan fingerprint density at radius 3 is 2.20 bits per heavy atom. The van der Waals surface area contributed by atoms with Gasteiger partial charge in [-0.1, -0.05) is 13.3 Å². The van der Waals surface area contributed by atoms with E-state index >= 15 is 0 Å². The van der Waals surface area contributed by atoms with Gasteiger partial charge in [0.1, 0.15) is 0 Å². The van der Waals surface area contributed by atoms with Crippen LogP contribution in [0.1, 0.15) is 39.0 Å². The van der Waals surface area contributed by atoms with Crippen molar-refractivity contribution in [2.24, 2.45) is 0 Å². The molecule has 1 atom stereocenters. The number of aliphatic carboxylic acids is 1. The molecule has 15 heavy (non-hydrogen) atoms. The number of carboxylic acid groups (broad SMARTS) is 1. The van der Waals surface area contributed by atoms with Crippen molar-refractivity contribution in [1.29, 1.82) is 0 Å². The van der Waals surface area contributed by atoms with E-state index in [2.05, 4.69) is 0 Å². The molecular formula is C8H17O6P. The molecule has 0 saturated heterocycles. The summed E-state index contributed by atoms with van der Waals surface area (Å²) in [5.41, 5.74) is 0. The molecule has 0 amide bonds. The fourth-order valence-electron chi connectivity index (χ4n) is 1.34. The van der Waals surface area contributed by atoms with Crippen molar-refractivity contribution >= 4 is 13.6 Å². The molecule has 0 aromatic heterocycles. The molecular weight excluding hydrogens is 223 g/mol. The molecule has 0 fully saturated rings. The van der Waals surface area contributed by atoms with Gasteiger partial charge in [-0.25, -0.2) is 0 Å². The summed E-state index contributed by atoms with van der Waals surface area (Å²) in [6.07, 6.45) is 0.0476. The van der Waals surface area contributed by atoms with E-state index in [1.54, 1.807) is 6.92 Å². The Bertz CT molecular complexity index is 260. The largest absolute Gasteiger partial charge is 0.481 e. The van der Waals surface area contributed by atoms with Gasteiger partial charge >= 0.3 is 13.6 Å². The lowest BCUT2D eigenvalue weighted by Crippen LogP contribution is -2.28. The van der Waals surface area contributed by atoms with Crippen LogP contribution >= 0.6 is 7.60 Å². The van der Waals surface area contributed by atoms with E-state index in [9.17, 15) is 14.5 Å². The Morgan fingerprint density at radius 2 is 1.87 bits per heavy atom. The topological polar surface area (TPSA) is 115 Å². The van der Waals surface area contributed by atoms with Gasteiger partial charge in [0.2, 0.25) is 0 Å². The van der Waals surface area contributed by atoms with Gasteiger partial charge in [-0.05, 0) is 19.3 Å². The fraction of sp³-hybridized carbons (Fsp3) is 0.875. The number of hydrogen-bond donors (Lipinski definition) is 4. The highest BCUT2D eigenvalue weighted by molar-refractivity contribution is 7.53. The summed E-state index contributed by atoms with van der Waals surface area (Å²) in [6, 6.07) is 0. The SMILES string of the molecule is CCCC(O)(CCCC(=O)O)P(=O)(O)O. The molecule has 0 aromatic rings. The smallest absolute Gasteiger partial charge is 0.356 e. The van der Waals surface area contributed by atoms with Crippen LogP contribution in [0.5, 0.6) is 0 Å². The maximum Gasteiger partial charge on any atom is 0.356 e. The van der Waals surface area contributed by atoms with Gasteiger partial charge < -0.3 is 20.0 Å². The van der Waals surface area contributed by atoms with E-state index in [1.165, 1.54) is 0 Å². The monoisotopic (exact) mass is 240 g/mol. The van der Waals surface area contributed by atoms with Crippen molar-refractivity contribution in [2.45, 2.75) is 44.4 Å². The summed E-state index contributed by atoms with van der Waals surface area (Å²) in [4.78, 5) is 28.1. The van der Waals surface area contributed by atoms with Crippen molar-refractivity contribution in [3.63, 3.8) is 0 Å². The van der Waals surface area contributed by atoms with E-state index < -0.39 is 18.9 Å². The molecule has 0 radical (unpaired) electrons. The summed E-state index contributed by atoms with van der Waals surface area (Å²) in [7, 11) is -4.60. The molecule has 0 aliphatic heterocycles. The van der Waals surface area contributed by atoms with Crippen molar-refractivity contribution in [3.05, 3.63) is 0 Å². The summed E-state index contributed by atoms with van der Waals surface area (Å²) in [6.45, 7) is 1.69. The summed E-state index contributed by atoms with van der Waals surface area (Å²) in [5, 5.41) is 16.0. The van der Waals surface area contributed by atoms with Crippen molar-refractivity contribution in [1.82, 2.24) is 0 Å². The zero-order valence-corrected chi connectivity index (χ0v) is 9.48. The van der Waals surface area contributed by atoms with Crippen LogP contribution in [0, 0.1) is 0 Å². The second-order valence-electron chi connectivity index (χ2n) is 3.52. The predicted molar refractivity (Wildman–Crippen MR) is 53.4 cm³/mol. The highest BCUT2D eigenvalue weighted by Gasteiger charge is 2.43. The van der Waals surface area contributed by atoms with Crippen LogP contribution in [0.3, 0.4) is 0 Å². The average molecular weight is 240 g/mol. The second-order valence-corrected chi connectivity index (χ2v) is 5.44. The standard InChI is InChI=1S/C8H17O6P/c1-2-5-8(11,15(12,13)14)6-3-4-7(9)10/h11H,2-6H2,1H3,(H,9,10)(H2,12,13,14). The van der Waals surface area contributed by atoms with E-state index in [-0.39, 0.29) is 25.7 Å². The highest BCUT2D eigenvalue weighted by Crippen LogP contribution is 2.53. The van der Waals surface area contributed by atoms with Gasteiger partial charge in [0.25, 0.3) is 0 Å². The third-order valence-corrected chi connectivity index (χ3v) is 3.69. The number of carbonyl (C=O) groups is 1. The summed E-state index contributed by atoms with van der Waals surface area (Å²) in [5.74, 6) is -1.04. The first kappa shape index (κ1) is 14.6. The third kappa shape index (κ3) is 4.75. The lowest BCUT2D eigenvalue weighted by molar-refractivity contribution is -0.137.